The fourth-order valence-corrected chi connectivity index (χ4v) is 1.54. The first-order chi connectivity index (χ1) is 4.68. The van der Waals surface area contributed by atoms with Crippen molar-refractivity contribution in [2.75, 3.05) is 6.54 Å². The van der Waals surface area contributed by atoms with Crippen LogP contribution in [0.25, 0.3) is 0 Å². The molecule has 10 heavy (non-hydrogen) atoms. The van der Waals surface area contributed by atoms with Crippen molar-refractivity contribution in [3.8, 4) is 0 Å². The summed E-state index contributed by atoms with van der Waals surface area (Å²) in [5.41, 5.74) is 0. The summed E-state index contributed by atoms with van der Waals surface area (Å²) in [5.74, 6) is 0. The minimum Gasteiger partial charge on any atom is -0.384 e. The molecule has 0 saturated carbocycles. The lowest BCUT2D eigenvalue weighted by molar-refractivity contribution is 0.123. The second kappa shape index (κ2) is 5.06. The van der Waals surface area contributed by atoms with E-state index in [9.17, 15) is 5.11 Å². The average molecular weight is 163 g/mol. The predicted molar refractivity (Wildman–Crippen MR) is 47.5 cm³/mol. The lowest BCUT2D eigenvalue weighted by Gasteiger charge is -2.24. The van der Waals surface area contributed by atoms with E-state index in [4.69, 9.17) is 0 Å². The van der Waals surface area contributed by atoms with Crippen molar-refractivity contribution in [2.45, 2.75) is 39.0 Å². The van der Waals surface area contributed by atoms with E-state index in [1.807, 2.05) is 13.8 Å². The van der Waals surface area contributed by atoms with Gasteiger partial charge in [-0.15, -0.1) is 0 Å². The third-order valence-corrected chi connectivity index (χ3v) is 3.37. The van der Waals surface area contributed by atoms with Crippen molar-refractivity contribution in [1.29, 1.82) is 0 Å². The van der Waals surface area contributed by atoms with Gasteiger partial charge in [-0.05, 0) is 28.1 Å². The summed E-state index contributed by atoms with van der Waals surface area (Å²) in [6.45, 7) is 7.04. The van der Waals surface area contributed by atoms with Crippen LogP contribution < -0.4 is 5.09 Å². The Morgan fingerprint density at radius 1 is 1.30 bits per heavy atom. The highest BCUT2D eigenvalue weighted by atomic mass is 31.1. The summed E-state index contributed by atoms with van der Waals surface area (Å²) in [6.07, 6.45) is 1.68. The molecule has 1 atom stereocenters. The Bertz CT molecular complexity index is 83.7. The van der Waals surface area contributed by atoms with Crippen LogP contribution in [0.15, 0.2) is 0 Å². The second-order valence-corrected chi connectivity index (χ2v) is 3.93. The van der Waals surface area contributed by atoms with Crippen LogP contribution in [0.3, 0.4) is 0 Å². The van der Waals surface area contributed by atoms with Crippen LogP contribution in [0.2, 0.25) is 0 Å². The molecule has 2 nitrogen and oxygen atoms in total. The van der Waals surface area contributed by atoms with Gasteiger partial charge in [0.2, 0.25) is 0 Å². The highest BCUT2D eigenvalue weighted by molar-refractivity contribution is 7.37. The molecule has 0 amide bonds. The predicted octanol–water partition coefficient (Wildman–Crippen LogP) is 1.70. The standard InChI is InChI=1S/C7H18NOP/c1-4-7(9,5-2)10-8-6-3/h8-10H,4-6H2,1-3H3. The largest absolute Gasteiger partial charge is 0.384 e. The minimum absolute atomic E-state index is 0.448. The molecule has 0 radical (unpaired) electrons. The van der Waals surface area contributed by atoms with Crippen LogP contribution in [0.5, 0.6) is 0 Å². The zero-order valence-corrected chi connectivity index (χ0v) is 8.07. The zero-order valence-electron chi connectivity index (χ0n) is 7.07. The van der Waals surface area contributed by atoms with Gasteiger partial charge in [0.25, 0.3) is 0 Å². The van der Waals surface area contributed by atoms with Crippen molar-refractivity contribution < 1.29 is 5.11 Å². The van der Waals surface area contributed by atoms with Gasteiger partial charge in [-0.2, -0.15) is 0 Å². The molecule has 1 unspecified atom stereocenters. The van der Waals surface area contributed by atoms with Crippen LogP contribution in [-0.4, -0.2) is 17.0 Å². The first kappa shape index (κ1) is 10.3. The smallest absolute Gasteiger partial charge is 0.0935 e. The molecule has 0 aromatic rings. The van der Waals surface area contributed by atoms with Crippen LogP contribution in [0.4, 0.5) is 0 Å². The maximum Gasteiger partial charge on any atom is 0.0935 e. The van der Waals surface area contributed by atoms with Crippen molar-refractivity contribution >= 4 is 8.73 Å². The molecule has 0 saturated heterocycles. The minimum atomic E-state index is -0.448. The van der Waals surface area contributed by atoms with E-state index in [1.165, 1.54) is 0 Å². The number of nitrogens with one attached hydrogen (secondary N) is 1. The van der Waals surface area contributed by atoms with Gasteiger partial charge in [0, 0.05) is 0 Å². The van der Waals surface area contributed by atoms with E-state index in [0.717, 1.165) is 19.4 Å². The third kappa shape index (κ3) is 3.50. The monoisotopic (exact) mass is 163 g/mol. The zero-order chi connectivity index (χ0) is 8.04. The van der Waals surface area contributed by atoms with Gasteiger partial charge in [0.05, 0.1) is 5.34 Å². The Kier molecular flexibility index (Phi) is 5.24. The number of aliphatic hydroxyl groups is 1. The maximum atomic E-state index is 9.71. The summed E-state index contributed by atoms with van der Waals surface area (Å²) in [5, 5.41) is 12.4. The lowest BCUT2D eigenvalue weighted by atomic mass is 10.2. The van der Waals surface area contributed by atoms with Crippen LogP contribution >= 0.6 is 8.73 Å². The highest BCUT2D eigenvalue weighted by Gasteiger charge is 2.20. The molecular formula is C7H18NOP. The summed E-state index contributed by atoms with van der Waals surface area (Å²) in [7, 11) is 0.482. The molecule has 0 rings (SSSR count). The van der Waals surface area contributed by atoms with Gasteiger partial charge >= 0.3 is 0 Å². The molecule has 0 spiro atoms. The van der Waals surface area contributed by atoms with E-state index in [-0.39, 0.29) is 0 Å². The van der Waals surface area contributed by atoms with Gasteiger partial charge in [-0.3, -0.25) is 5.09 Å². The first-order valence-electron chi connectivity index (χ1n) is 3.91. The van der Waals surface area contributed by atoms with E-state index in [0.29, 0.717) is 8.73 Å². The second-order valence-electron chi connectivity index (χ2n) is 2.39. The Morgan fingerprint density at radius 3 is 2.10 bits per heavy atom. The number of rotatable bonds is 5. The van der Waals surface area contributed by atoms with Gasteiger partial charge in [-0.25, -0.2) is 0 Å². The fourth-order valence-electron chi connectivity index (χ4n) is 0.680. The van der Waals surface area contributed by atoms with Crippen molar-refractivity contribution in [1.82, 2.24) is 5.09 Å². The van der Waals surface area contributed by atoms with Crippen LogP contribution in [0, 0.1) is 0 Å². The van der Waals surface area contributed by atoms with Crippen molar-refractivity contribution in [3.05, 3.63) is 0 Å². The third-order valence-electron chi connectivity index (χ3n) is 1.67. The van der Waals surface area contributed by atoms with Crippen molar-refractivity contribution in [3.63, 3.8) is 0 Å². The quantitative estimate of drug-likeness (QED) is 0.604. The Labute approximate surface area is 65.2 Å². The van der Waals surface area contributed by atoms with E-state index in [1.54, 1.807) is 0 Å². The molecular weight excluding hydrogens is 145 g/mol. The SMILES string of the molecule is CCNPC(O)(CC)CC. The topological polar surface area (TPSA) is 32.3 Å². The Balaban J connectivity index is 3.58. The highest BCUT2D eigenvalue weighted by Crippen LogP contribution is 2.31. The van der Waals surface area contributed by atoms with Crippen LogP contribution in [0.1, 0.15) is 33.6 Å². The normalized spacial score (nSPS) is 13.2. The Morgan fingerprint density at radius 2 is 1.80 bits per heavy atom. The molecule has 0 aromatic carbocycles. The van der Waals surface area contributed by atoms with Gasteiger partial charge in [0.1, 0.15) is 0 Å². The van der Waals surface area contributed by atoms with E-state index in [2.05, 4.69) is 12.0 Å². The summed E-state index contributed by atoms with van der Waals surface area (Å²) in [4.78, 5) is 0. The maximum absolute atomic E-state index is 9.71. The molecule has 0 fully saturated rings. The lowest BCUT2D eigenvalue weighted by Crippen LogP contribution is -2.24. The fraction of sp³-hybridized carbons (Fsp3) is 1.00. The molecule has 0 aliphatic heterocycles. The summed E-state index contributed by atoms with van der Waals surface area (Å²) >= 11 is 0. The molecule has 2 N–H and O–H groups in total. The summed E-state index contributed by atoms with van der Waals surface area (Å²) < 4.78 is 0. The van der Waals surface area contributed by atoms with Gasteiger partial charge < -0.3 is 5.11 Å². The number of hydrogen-bond donors (Lipinski definition) is 2. The van der Waals surface area contributed by atoms with Crippen molar-refractivity contribution in [2.24, 2.45) is 0 Å². The first-order valence-corrected chi connectivity index (χ1v) is 4.91. The van der Waals surface area contributed by atoms with Gasteiger partial charge in [0.15, 0.2) is 0 Å². The molecule has 0 bridgehead atoms. The molecule has 62 valence electrons. The number of hydrogen-bond acceptors (Lipinski definition) is 2. The Hall–Kier alpha value is 0.350. The molecule has 0 aliphatic carbocycles. The summed E-state index contributed by atoms with van der Waals surface area (Å²) in [6, 6.07) is 0. The van der Waals surface area contributed by atoms with E-state index >= 15 is 0 Å². The molecule has 0 heterocycles. The van der Waals surface area contributed by atoms with E-state index < -0.39 is 5.34 Å². The molecule has 3 heteroatoms. The van der Waals surface area contributed by atoms with Gasteiger partial charge in [-0.1, -0.05) is 20.8 Å². The molecule has 0 aliphatic rings. The van der Waals surface area contributed by atoms with Crippen LogP contribution in [-0.2, 0) is 0 Å². The average Bonchev–Trinajstić information content (AvgIpc) is 2.00. The molecule has 0 aromatic heterocycles.